The normalized spacial score (nSPS) is 11.0. The molecule has 182 valence electrons. The molecule has 0 amide bonds. The molecule has 0 spiro atoms. The lowest BCUT2D eigenvalue weighted by Gasteiger charge is -2.24. The highest BCUT2D eigenvalue weighted by Crippen LogP contribution is 2.53. The monoisotopic (exact) mass is 488 g/mol. The second-order valence-corrected chi connectivity index (χ2v) is 10.0. The SMILES string of the molecule is C=Cc1c(OP(=O)(Oc2ccc(C)c(C)c2C=C)Oc2ccc(C)c(C)c2C=C)ccc(C)c1C. The number of aryl methyl sites for hydroxylation is 3. The lowest BCUT2D eigenvalue weighted by atomic mass is 10.0. The van der Waals surface area contributed by atoms with Gasteiger partial charge in [0.2, 0.25) is 0 Å². The molecule has 3 aromatic rings. The average Bonchev–Trinajstić information content (AvgIpc) is 2.82. The Morgan fingerprint density at radius 3 is 1.03 bits per heavy atom. The van der Waals surface area contributed by atoms with Crippen molar-refractivity contribution in [2.45, 2.75) is 41.5 Å². The highest BCUT2D eigenvalue weighted by Gasteiger charge is 2.36. The van der Waals surface area contributed by atoms with Gasteiger partial charge in [0, 0.05) is 16.7 Å². The van der Waals surface area contributed by atoms with Gasteiger partial charge in [-0.05, 0) is 93.1 Å². The summed E-state index contributed by atoms with van der Waals surface area (Å²) in [5, 5.41) is 0. The van der Waals surface area contributed by atoms with Gasteiger partial charge in [-0.2, -0.15) is 4.57 Å². The Bertz CT molecular complexity index is 1200. The largest absolute Gasteiger partial charge is 0.647 e. The van der Waals surface area contributed by atoms with Gasteiger partial charge < -0.3 is 13.6 Å². The summed E-state index contributed by atoms with van der Waals surface area (Å²) in [7, 11) is -4.25. The van der Waals surface area contributed by atoms with E-state index < -0.39 is 7.82 Å². The highest BCUT2D eigenvalue weighted by molar-refractivity contribution is 7.49. The van der Waals surface area contributed by atoms with Crippen LogP contribution in [0.15, 0.2) is 56.1 Å². The van der Waals surface area contributed by atoms with Crippen molar-refractivity contribution >= 4 is 26.1 Å². The number of rotatable bonds is 9. The molecule has 3 aromatic carbocycles. The van der Waals surface area contributed by atoms with Crippen LogP contribution in [-0.4, -0.2) is 0 Å². The maximum Gasteiger partial charge on any atom is 0.647 e. The van der Waals surface area contributed by atoms with E-state index in [0.717, 1.165) is 50.1 Å². The van der Waals surface area contributed by atoms with Gasteiger partial charge in [0.05, 0.1) is 0 Å². The molecule has 5 heteroatoms. The van der Waals surface area contributed by atoms with Crippen LogP contribution in [0.2, 0.25) is 0 Å². The lowest BCUT2D eigenvalue weighted by molar-refractivity contribution is 0.297. The molecule has 4 nitrogen and oxygen atoms in total. The van der Waals surface area contributed by atoms with E-state index >= 15 is 0 Å². The van der Waals surface area contributed by atoms with Crippen LogP contribution in [0, 0.1) is 41.5 Å². The van der Waals surface area contributed by atoms with Crippen LogP contribution in [0.25, 0.3) is 18.2 Å². The third-order valence-corrected chi connectivity index (χ3v) is 7.74. The molecule has 0 heterocycles. The molecule has 3 rings (SSSR count). The molecule has 0 fully saturated rings. The van der Waals surface area contributed by atoms with Gasteiger partial charge in [-0.1, -0.05) is 56.2 Å². The van der Waals surface area contributed by atoms with Crippen molar-refractivity contribution in [2.24, 2.45) is 0 Å². The minimum Gasteiger partial charge on any atom is -0.385 e. The van der Waals surface area contributed by atoms with Crippen molar-refractivity contribution in [1.29, 1.82) is 0 Å². The van der Waals surface area contributed by atoms with Gasteiger partial charge in [-0.25, -0.2) is 0 Å². The van der Waals surface area contributed by atoms with Crippen LogP contribution in [-0.2, 0) is 4.57 Å². The summed E-state index contributed by atoms with van der Waals surface area (Å²) in [6, 6.07) is 11.0. The molecule has 0 bridgehead atoms. The van der Waals surface area contributed by atoms with E-state index in [1.165, 1.54) is 0 Å². The zero-order valence-electron chi connectivity index (χ0n) is 21.4. The van der Waals surface area contributed by atoms with E-state index in [1.54, 1.807) is 36.4 Å². The molecule has 0 aliphatic carbocycles. The van der Waals surface area contributed by atoms with Gasteiger partial charge in [-0.3, -0.25) is 0 Å². The first kappa shape index (κ1) is 26.1. The summed E-state index contributed by atoms with van der Waals surface area (Å²) in [5.41, 5.74) is 8.29. The van der Waals surface area contributed by atoms with E-state index in [-0.39, 0.29) is 0 Å². The topological polar surface area (TPSA) is 44.8 Å². The number of benzene rings is 3. The fourth-order valence-electron chi connectivity index (χ4n) is 3.86. The fourth-order valence-corrected chi connectivity index (χ4v) is 5.17. The molecule has 0 saturated carbocycles. The molecule has 0 atom stereocenters. The third-order valence-electron chi connectivity index (χ3n) is 6.48. The number of hydrogen-bond acceptors (Lipinski definition) is 4. The van der Waals surface area contributed by atoms with Crippen molar-refractivity contribution in [3.8, 4) is 17.2 Å². The summed E-state index contributed by atoms with van der Waals surface area (Å²) in [5.74, 6) is 1.08. The molecule has 0 aliphatic rings. The quantitative estimate of drug-likeness (QED) is 0.282. The van der Waals surface area contributed by atoms with Gasteiger partial charge in [-0.15, -0.1) is 0 Å². The number of phosphoric acid groups is 1. The maximum absolute atomic E-state index is 14.3. The van der Waals surface area contributed by atoms with Gasteiger partial charge in [0.25, 0.3) is 0 Å². The van der Waals surface area contributed by atoms with Crippen molar-refractivity contribution < 1.29 is 18.1 Å². The molecular formula is C30H33O4P. The molecule has 0 unspecified atom stereocenters. The molecule has 0 saturated heterocycles. The molecule has 0 aliphatic heterocycles. The van der Waals surface area contributed by atoms with Crippen molar-refractivity contribution in [3.63, 3.8) is 0 Å². The Morgan fingerprint density at radius 2 is 0.800 bits per heavy atom. The molecule has 0 radical (unpaired) electrons. The third kappa shape index (κ3) is 5.28. The standard InChI is InChI=1S/C30H33O4P/c1-10-25-22(7)19(4)13-16-28(25)32-35(31,33-29-17-14-20(5)23(8)26(29)11-2)34-30-18-15-21(6)24(9)27(30)12-3/h10-18H,1-3H2,4-9H3. The van der Waals surface area contributed by atoms with Gasteiger partial charge in [0.15, 0.2) is 0 Å². The summed E-state index contributed by atoms with van der Waals surface area (Å²) >= 11 is 0. The van der Waals surface area contributed by atoms with Crippen LogP contribution in [0.4, 0.5) is 0 Å². The minimum absolute atomic E-state index is 0.361. The molecule has 0 aromatic heterocycles. The first-order valence-electron chi connectivity index (χ1n) is 11.4. The second kappa shape index (κ2) is 10.4. The Kier molecular flexibility index (Phi) is 7.77. The Labute approximate surface area is 209 Å². The Hall–Kier alpha value is -3.49. The van der Waals surface area contributed by atoms with Crippen molar-refractivity contribution in [2.75, 3.05) is 0 Å². The Balaban J connectivity index is 2.18. The van der Waals surface area contributed by atoms with Crippen molar-refractivity contribution in [1.82, 2.24) is 0 Å². The summed E-state index contributed by atoms with van der Waals surface area (Å²) in [6.07, 6.45) is 5.04. The summed E-state index contributed by atoms with van der Waals surface area (Å²) in [4.78, 5) is 0. The maximum atomic E-state index is 14.3. The van der Waals surface area contributed by atoms with Crippen LogP contribution >= 0.6 is 7.82 Å². The summed E-state index contributed by atoms with van der Waals surface area (Å²) in [6.45, 7) is 23.6. The first-order chi connectivity index (χ1) is 16.5. The predicted octanol–water partition coefficient (Wildman–Crippen LogP) is 9.11. The van der Waals surface area contributed by atoms with E-state index in [9.17, 15) is 4.57 Å². The Morgan fingerprint density at radius 1 is 0.543 bits per heavy atom. The van der Waals surface area contributed by atoms with E-state index in [1.807, 2.05) is 59.7 Å². The first-order valence-corrected chi connectivity index (χ1v) is 12.9. The van der Waals surface area contributed by atoms with E-state index in [4.69, 9.17) is 13.6 Å². The lowest BCUT2D eigenvalue weighted by Crippen LogP contribution is -2.10. The van der Waals surface area contributed by atoms with Crippen molar-refractivity contribution in [3.05, 3.63) is 106 Å². The molecular weight excluding hydrogens is 455 g/mol. The minimum atomic E-state index is -4.25. The average molecular weight is 489 g/mol. The second-order valence-electron chi connectivity index (χ2n) is 8.59. The van der Waals surface area contributed by atoms with E-state index in [2.05, 4.69) is 19.7 Å². The van der Waals surface area contributed by atoms with Crippen LogP contribution in [0.3, 0.4) is 0 Å². The van der Waals surface area contributed by atoms with Gasteiger partial charge >= 0.3 is 7.82 Å². The predicted molar refractivity (Wildman–Crippen MR) is 148 cm³/mol. The number of phosphoric ester groups is 1. The van der Waals surface area contributed by atoms with Crippen LogP contribution in [0.1, 0.15) is 50.1 Å². The zero-order chi connectivity index (χ0) is 25.9. The van der Waals surface area contributed by atoms with Crippen LogP contribution < -0.4 is 13.6 Å². The van der Waals surface area contributed by atoms with Crippen LogP contribution in [0.5, 0.6) is 17.2 Å². The fraction of sp³-hybridized carbons (Fsp3) is 0.200. The summed E-state index contributed by atoms with van der Waals surface area (Å²) < 4.78 is 32.6. The molecule has 35 heavy (non-hydrogen) atoms. The number of hydrogen-bond donors (Lipinski definition) is 0. The molecule has 0 N–H and O–H groups in total. The van der Waals surface area contributed by atoms with E-state index in [0.29, 0.717) is 17.2 Å². The smallest absolute Gasteiger partial charge is 0.385 e. The highest BCUT2D eigenvalue weighted by atomic mass is 31.2. The van der Waals surface area contributed by atoms with Gasteiger partial charge in [0.1, 0.15) is 17.2 Å². The zero-order valence-corrected chi connectivity index (χ0v) is 22.3.